The first-order valence-electron chi connectivity index (χ1n) is 8.20. The lowest BCUT2D eigenvalue weighted by Gasteiger charge is -2.11. The van der Waals surface area contributed by atoms with Crippen LogP contribution in [0.5, 0.6) is 0 Å². The van der Waals surface area contributed by atoms with Gasteiger partial charge in [0.05, 0.1) is 12.0 Å². The minimum absolute atomic E-state index is 0.162. The summed E-state index contributed by atoms with van der Waals surface area (Å²) in [6, 6.07) is 16.1. The fourth-order valence-corrected chi connectivity index (χ4v) is 2.71. The summed E-state index contributed by atoms with van der Waals surface area (Å²) in [5.41, 5.74) is 1.99. The van der Waals surface area contributed by atoms with E-state index in [-0.39, 0.29) is 18.0 Å². The Balaban J connectivity index is 1.57. The molecule has 0 radical (unpaired) electrons. The van der Waals surface area contributed by atoms with E-state index in [2.05, 4.69) is 26.6 Å². The Morgan fingerprint density at radius 1 is 1.12 bits per heavy atom. The molecule has 134 valence electrons. The van der Waals surface area contributed by atoms with Crippen molar-refractivity contribution in [2.75, 3.05) is 10.6 Å². The van der Waals surface area contributed by atoms with Crippen molar-refractivity contribution in [3.63, 3.8) is 0 Å². The van der Waals surface area contributed by atoms with Crippen molar-refractivity contribution >= 4 is 33.2 Å². The predicted octanol–water partition coefficient (Wildman–Crippen LogP) is 5.36. The third-order valence-corrected chi connectivity index (χ3v) is 4.36. The number of aryl methyl sites for hydroxylation is 1. The molecule has 1 aromatic heterocycles. The minimum Gasteiger partial charge on any atom is -0.469 e. The van der Waals surface area contributed by atoms with Crippen LogP contribution in [0.25, 0.3) is 0 Å². The summed E-state index contributed by atoms with van der Waals surface area (Å²) in [7, 11) is 0. The molecule has 0 atom stereocenters. The summed E-state index contributed by atoms with van der Waals surface area (Å²) in [5, 5.41) is 5.84. The van der Waals surface area contributed by atoms with Crippen molar-refractivity contribution in [1.29, 1.82) is 0 Å². The summed E-state index contributed by atoms with van der Waals surface area (Å²) in [4.78, 5) is 12.0. The third kappa shape index (κ3) is 5.20. The molecule has 2 aromatic carbocycles. The number of amides is 1. The molecular weight excluding hydrogens is 399 g/mol. The Hall–Kier alpha value is -2.60. The van der Waals surface area contributed by atoms with Gasteiger partial charge in [-0.3, -0.25) is 4.79 Å². The second-order valence-electron chi connectivity index (χ2n) is 5.80. The van der Waals surface area contributed by atoms with Crippen molar-refractivity contribution in [2.45, 2.75) is 19.4 Å². The van der Waals surface area contributed by atoms with E-state index in [1.165, 1.54) is 6.07 Å². The number of carbonyl (C=O) groups is 1. The molecule has 0 aliphatic rings. The highest BCUT2D eigenvalue weighted by Crippen LogP contribution is 2.21. The highest BCUT2D eigenvalue weighted by molar-refractivity contribution is 9.10. The van der Waals surface area contributed by atoms with Gasteiger partial charge >= 0.3 is 0 Å². The molecule has 4 nitrogen and oxygen atoms in total. The molecule has 0 spiro atoms. The molecule has 0 aliphatic carbocycles. The van der Waals surface area contributed by atoms with Crippen LogP contribution in [0, 0.1) is 5.82 Å². The van der Waals surface area contributed by atoms with E-state index in [1.54, 1.807) is 30.5 Å². The second-order valence-corrected chi connectivity index (χ2v) is 6.72. The van der Waals surface area contributed by atoms with Crippen molar-refractivity contribution in [1.82, 2.24) is 0 Å². The van der Waals surface area contributed by atoms with E-state index in [9.17, 15) is 9.18 Å². The van der Waals surface area contributed by atoms with Crippen molar-refractivity contribution in [3.05, 3.63) is 82.5 Å². The van der Waals surface area contributed by atoms with Crippen LogP contribution in [0.3, 0.4) is 0 Å². The second kappa shape index (κ2) is 8.67. The normalized spacial score (nSPS) is 10.5. The quantitative estimate of drug-likeness (QED) is 0.544. The molecule has 3 rings (SSSR count). The van der Waals surface area contributed by atoms with Crippen LogP contribution in [0.4, 0.5) is 15.8 Å². The molecule has 6 heteroatoms. The van der Waals surface area contributed by atoms with E-state index >= 15 is 0 Å². The zero-order chi connectivity index (χ0) is 18.4. The van der Waals surface area contributed by atoms with Gasteiger partial charge in [0, 0.05) is 29.5 Å². The molecule has 0 unspecified atom stereocenters. The molecule has 0 bridgehead atoms. The van der Waals surface area contributed by atoms with E-state index in [0.29, 0.717) is 13.0 Å². The number of hydrogen-bond acceptors (Lipinski definition) is 3. The number of nitrogens with one attached hydrogen (secondary N) is 2. The molecule has 0 saturated carbocycles. The average Bonchev–Trinajstić information content (AvgIpc) is 3.15. The fourth-order valence-electron chi connectivity index (χ4n) is 2.44. The number of halogens is 2. The van der Waals surface area contributed by atoms with Crippen molar-refractivity contribution < 1.29 is 13.6 Å². The maximum Gasteiger partial charge on any atom is 0.224 e. The molecular formula is C20H18BrFN2O2. The maximum atomic E-state index is 14.0. The summed E-state index contributed by atoms with van der Waals surface area (Å²) in [6.45, 7) is 0.602. The molecule has 0 fully saturated rings. The maximum absolute atomic E-state index is 14.0. The van der Waals surface area contributed by atoms with Crippen LogP contribution in [0.1, 0.15) is 17.7 Å². The lowest BCUT2D eigenvalue weighted by atomic mass is 10.2. The molecule has 0 aliphatic heterocycles. The topological polar surface area (TPSA) is 54.3 Å². The van der Waals surface area contributed by atoms with Crippen molar-refractivity contribution in [2.24, 2.45) is 0 Å². The third-order valence-electron chi connectivity index (χ3n) is 3.83. The zero-order valence-electron chi connectivity index (χ0n) is 14.0. The average molecular weight is 417 g/mol. The first-order valence-corrected chi connectivity index (χ1v) is 8.99. The van der Waals surface area contributed by atoms with Gasteiger partial charge in [-0.05, 0) is 48.0 Å². The Bertz CT molecular complexity index is 864. The van der Waals surface area contributed by atoms with Crippen LogP contribution in [-0.4, -0.2) is 5.91 Å². The predicted molar refractivity (Wildman–Crippen MR) is 104 cm³/mol. The fraction of sp³-hybridized carbons (Fsp3) is 0.150. The highest BCUT2D eigenvalue weighted by atomic mass is 79.9. The first-order chi connectivity index (χ1) is 12.6. The number of rotatable bonds is 7. The largest absolute Gasteiger partial charge is 0.469 e. The zero-order valence-corrected chi connectivity index (χ0v) is 15.6. The van der Waals surface area contributed by atoms with Gasteiger partial charge < -0.3 is 15.1 Å². The van der Waals surface area contributed by atoms with Gasteiger partial charge in [0.1, 0.15) is 11.6 Å². The van der Waals surface area contributed by atoms with E-state index < -0.39 is 5.82 Å². The van der Waals surface area contributed by atoms with Crippen LogP contribution in [0.2, 0.25) is 0 Å². The molecule has 1 heterocycles. The van der Waals surface area contributed by atoms with Gasteiger partial charge in [0.15, 0.2) is 0 Å². The summed E-state index contributed by atoms with van der Waals surface area (Å²) >= 11 is 3.40. The Morgan fingerprint density at radius 3 is 2.65 bits per heavy atom. The van der Waals surface area contributed by atoms with Crippen LogP contribution >= 0.6 is 15.9 Å². The summed E-state index contributed by atoms with van der Waals surface area (Å²) in [6.07, 6.45) is 2.26. The monoisotopic (exact) mass is 416 g/mol. The molecule has 3 aromatic rings. The van der Waals surface area contributed by atoms with Crippen LogP contribution < -0.4 is 10.6 Å². The van der Waals surface area contributed by atoms with Crippen LogP contribution in [0.15, 0.2) is 69.8 Å². The Morgan fingerprint density at radius 2 is 1.92 bits per heavy atom. The van der Waals surface area contributed by atoms with Crippen LogP contribution in [-0.2, 0) is 17.8 Å². The summed E-state index contributed by atoms with van der Waals surface area (Å²) < 4.78 is 20.2. The molecule has 1 amide bonds. The Labute approximate surface area is 159 Å². The lowest BCUT2D eigenvalue weighted by Crippen LogP contribution is -2.13. The van der Waals surface area contributed by atoms with Gasteiger partial charge in [-0.2, -0.15) is 0 Å². The SMILES string of the molecule is O=C(CCc1ccco1)Nc1cc(NCc2ccc(Br)cc2)ccc1F. The number of carbonyl (C=O) groups excluding carboxylic acids is 1. The van der Waals surface area contributed by atoms with Gasteiger partial charge in [-0.15, -0.1) is 0 Å². The van der Waals surface area contributed by atoms with Gasteiger partial charge in [-0.25, -0.2) is 4.39 Å². The van der Waals surface area contributed by atoms with Crippen molar-refractivity contribution in [3.8, 4) is 0 Å². The molecule has 2 N–H and O–H groups in total. The standard InChI is InChI=1S/C20H18BrFN2O2/c21-15-5-3-14(4-6-15)13-23-16-7-9-18(22)19(12-16)24-20(25)10-8-17-2-1-11-26-17/h1-7,9,11-12,23H,8,10,13H2,(H,24,25). The van der Waals surface area contributed by atoms with E-state index in [0.717, 1.165) is 21.5 Å². The number of furan rings is 1. The van der Waals surface area contributed by atoms with Gasteiger partial charge in [0.25, 0.3) is 0 Å². The lowest BCUT2D eigenvalue weighted by molar-refractivity contribution is -0.116. The Kier molecular flexibility index (Phi) is 6.07. The van der Waals surface area contributed by atoms with E-state index in [1.807, 2.05) is 24.3 Å². The van der Waals surface area contributed by atoms with Gasteiger partial charge in [0.2, 0.25) is 5.91 Å². The summed E-state index contributed by atoms with van der Waals surface area (Å²) in [5.74, 6) is 0.00133. The smallest absolute Gasteiger partial charge is 0.224 e. The highest BCUT2D eigenvalue weighted by Gasteiger charge is 2.09. The number of anilines is 2. The first kappa shape index (κ1) is 18.2. The van der Waals surface area contributed by atoms with Gasteiger partial charge in [-0.1, -0.05) is 28.1 Å². The van der Waals surface area contributed by atoms with E-state index in [4.69, 9.17) is 4.42 Å². The molecule has 0 saturated heterocycles. The number of hydrogen-bond donors (Lipinski definition) is 2. The number of benzene rings is 2. The molecule has 26 heavy (non-hydrogen) atoms. The minimum atomic E-state index is -0.467.